The van der Waals surface area contributed by atoms with Crippen molar-refractivity contribution in [2.45, 2.75) is 32.9 Å². The fourth-order valence-electron chi connectivity index (χ4n) is 4.00. The molecule has 0 bridgehead atoms. The van der Waals surface area contributed by atoms with Crippen molar-refractivity contribution in [1.29, 1.82) is 0 Å². The maximum absolute atomic E-state index is 5.45. The minimum Gasteiger partial charge on any atom is -0.454 e. The van der Waals surface area contributed by atoms with E-state index in [4.69, 9.17) is 9.47 Å². The van der Waals surface area contributed by atoms with E-state index in [0.29, 0.717) is 19.3 Å². The average Bonchev–Trinajstić information content (AvgIpc) is 3.24. The molecule has 2 aliphatic rings. The highest BCUT2D eigenvalue weighted by Crippen LogP contribution is 2.32. The molecule has 31 heavy (non-hydrogen) atoms. The van der Waals surface area contributed by atoms with E-state index >= 15 is 0 Å². The van der Waals surface area contributed by atoms with Gasteiger partial charge >= 0.3 is 0 Å². The van der Waals surface area contributed by atoms with Gasteiger partial charge in [0, 0.05) is 26.7 Å². The Kier molecular flexibility index (Phi) is 8.83. The molecule has 0 spiro atoms. The zero-order chi connectivity index (χ0) is 20.8. The predicted molar refractivity (Wildman–Crippen MR) is 135 cm³/mol. The van der Waals surface area contributed by atoms with Gasteiger partial charge in [-0.25, -0.2) is 0 Å². The molecule has 0 aromatic heterocycles. The summed E-state index contributed by atoms with van der Waals surface area (Å²) in [7, 11) is 1.82. The Hall–Kier alpha value is -2.00. The molecular formula is C24H33IN4O2. The molecule has 0 aliphatic carbocycles. The standard InChI is InChI=1S/C24H32N4O2.HI/c1-18-3-5-20(6-4-18)16-28-11-9-19(10-12-28)14-26-24(25-2)27-15-21-7-8-22-23(13-21)30-17-29-22;/h3-8,13,19H,9-12,14-17H2,1-2H3,(H2,25,26,27);1H. The minimum atomic E-state index is 0. The number of halogens is 1. The number of likely N-dealkylation sites (tertiary alicyclic amines) is 1. The van der Waals surface area contributed by atoms with Crippen molar-refractivity contribution in [2.24, 2.45) is 10.9 Å². The Morgan fingerprint density at radius 2 is 1.71 bits per heavy atom. The van der Waals surface area contributed by atoms with Gasteiger partial charge in [0.2, 0.25) is 6.79 Å². The number of aryl methyl sites for hydroxylation is 1. The number of rotatable bonds is 6. The van der Waals surface area contributed by atoms with Gasteiger partial charge in [-0.05, 0) is 62.0 Å². The maximum atomic E-state index is 5.45. The number of ether oxygens (including phenoxy) is 2. The first kappa shape index (κ1) is 23.7. The summed E-state index contributed by atoms with van der Waals surface area (Å²) in [6.45, 7) is 7.47. The fraction of sp³-hybridized carbons (Fsp3) is 0.458. The largest absolute Gasteiger partial charge is 0.454 e. The van der Waals surface area contributed by atoms with Crippen molar-refractivity contribution >= 4 is 29.9 Å². The first-order chi connectivity index (χ1) is 14.7. The van der Waals surface area contributed by atoms with Gasteiger partial charge in [-0.1, -0.05) is 35.9 Å². The van der Waals surface area contributed by atoms with E-state index < -0.39 is 0 Å². The second-order valence-corrected chi connectivity index (χ2v) is 8.20. The van der Waals surface area contributed by atoms with E-state index in [1.807, 2.05) is 19.2 Å². The van der Waals surface area contributed by atoms with Crippen LogP contribution in [0.4, 0.5) is 0 Å². The van der Waals surface area contributed by atoms with Crippen LogP contribution >= 0.6 is 24.0 Å². The fourth-order valence-corrected chi connectivity index (χ4v) is 4.00. The van der Waals surface area contributed by atoms with Gasteiger partial charge in [0.05, 0.1) is 0 Å². The molecule has 6 nitrogen and oxygen atoms in total. The Morgan fingerprint density at radius 3 is 2.45 bits per heavy atom. The van der Waals surface area contributed by atoms with Crippen LogP contribution < -0.4 is 20.1 Å². The molecule has 7 heteroatoms. The van der Waals surface area contributed by atoms with Gasteiger partial charge in [0.1, 0.15) is 0 Å². The third-order valence-electron chi connectivity index (χ3n) is 5.91. The van der Waals surface area contributed by atoms with Crippen LogP contribution in [0.3, 0.4) is 0 Å². The Balaban J connectivity index is 0.00000272. The Labute approximate surface area is 202 Å². The number of hydrogen-bond acceptors (Lipinski definition) is 4. The van der Waals surface area contributed by atoms with Gasteiger partial charge < -0.3 is 20.1 Å². The molecule has 0 amide bonds. The zero-order valence-corrected chi connectivity index (χ0v) is 20.7. The topological polar surface area (TPSA) is 58.1 Å². The second kappa shape index (κ2) is 11.6. The first-order valence-corrected chi connectivity index (χ1v) is 10.8. The maximum Gasteiger partial charge on any atom is 0.231 e. The monoisotopic (exact) mass is 536 g/mol. The quantitative estimate of drug-likeness (QED) is 0.333. The number of hydrogen-bond donors (Lipinski definition) is 2. The molecule has 2 heterocycles. The summed E-state index contributed by atoms with van der Waals surface area (Å²) >= 11 is 0. The summed E-state index contributed by atoms with van der Waals surface area (Å²) in [6, 6.07) is 14.9. The number of benzene rings is 2. The summed E-state index contributed by atoms with van der Waals surface area (Å²) < 4.78 is 10.8. The molecule has 2 N–H and O–H groups in total. The summed E-state index contributed by atoms with van der Waals surface area (Å²) in [6.07, 6.45) is 2.44. The third-order valence-corrected chi connectivity index (χ3v) is 5.91. The summed E-state index contributed by atoms with van der Waals surface area (Å²) in [5.41, 5.74) is 3.88. The van der Waals surface area contributed by atoms with Crippen molar-refractivity contribution in [3.63, 3.8) is 0 Å². The van der Waals surface area contributed by atoms with Gasteiger partial charge in [-0.2, -0.15) is 0 Å². The molecule has 1 fully saturated rings. The lowest BCUT2D eigenvalue weighted by atomic mass is 9.96. The van der Waals surface area contributed by atoms with E-state index in [2.05, 4.69) is 57.8 Å². The van der Waals surface area contributed by atoms with Gasteiger partial charge in [0.15, 0.2) is 17.5 Å². The predicted octanol–water partition coefficient (Wildman–Crippen LogP) is 3.92. The minimum absolute atomic E-state index is 0. The first-order valence-electron chi connectivity index (χ1n) is 10.8. The molecule has 0 atom stereocenters. The van der Waals surface area contributed by atoms with Crippen LogP contribution in [0.15, 0.2) is 47.5 Å². The zero-order valence-electron chi connectivity index (χ0n) is 18.4. The van der Waals surface area contributed by atoms with Crippen LogP contribution in [0, 0.1) is 12.8 Å². The average molecular weight is 536 g/mol. The van der Waals surface area contributed by atoms with Crippen LogP contribution in [-0.4, -0.2) is 44.3 Å². The number of nitrogens with one attached hydrogen (secondary N) is 2. The molecule has 0 unspecified atom stereocenters. The van der Waals surface area contributed by atoms with E-state index in [-0.39, 0.29) is 24.0 Å². The van der Waals surface area contributed by atoms with Crippen molar-refractivity contribution < 1.29 is 9.47 Å². The molecule has 2 aliphatic heterocycles. The van der Waals surface area contributed by atoms with Crippen molar-refractivity contribution in [3.05, 3.63) is 59.2 Å². The summed E-state index contributed by atoms with van der Waals surface area (Å²) in [5, 5.41) is 6.89. The summed E-state index contributed by atoms with van der Waals surface area (Å²) in [5.74, 6) is 3.16. The Morgan fingerprint density at radius 1 is 1.00 bits per heavy atom. The summed E-state index contributed by atoms with van der Waals surface area (Å²) in [4.78, 5) is 6.93. The SMILES string of the molecule is CN=C(NCc1ccc2c(c1)OCO2)NCC1CCN(Cc2ccc(C)cc2)CC1.I. The number of fused-ring (bicyclic) bond motifs is 1. The van der Waals surface area contributed by atoms with Crippen LogP contribution in [0.1, 0.15) is 29.5 Å². The van der Waals surface area contributed by atoms with Crippen LogP contribution in [0.2, 0.25) is 0 Å². The van der Waals surface area contributed by atoms with Gasteiger partial charge in [-0.3, -0.25) is 9.89 Å². The number of nitrogens with zero attached hydrogens (tertiary/aromatic N) is 2. The molecule has 0 radical (unpaired) electrons. The molecule has 2 aromatic rings. The van der Waals surface area contributed by atoms with Crippen LogP contribution in [0.5, 0.6) is 11.5 Å². The normalized spacial score (nSPS) is 16.6. The molecule has 2 aromatic carbocycles. The third kappa shape index (κ3) is 6.74. The van der Waals surface area contributed by atoms with Crippen molar-refractivity contribution in [2.75, 3.05) is 33.5 Å². The Bertz CT molecular complexity index is 864. The van der Waals surface area contributed by atoms with E-state index in [9.17, 15) is 0 Å². The lowest BCUT2D eigenvalue weighted by molar-refractivity contribution is 0.174. The van der Waals surface area contributed by atoms with E-state index in [0.717, 1.165) is 49.2 Å². The van der Waals surface area contributed by atoms with E-state index in [1.165, 1.54) is 24.0 Å². The van der Waals surface area contributed by atoms with Gasteiger partial charge in [0.25, 0.3) is 0 Å². The van der Waals surface area contributed by atoms with Gasteiger partial charge in [-0.15, -0.1) is 24.0 Å². The molecule has 1 saturated heterocycles. The van der Waals surface area contributed by atoms with Crippen LogP contribution in [0.25, 0.3) is 0 Å². The number of piperidine rings is 1. The number of guanidine groups is 1. The second-order valence-electron chi connectivity index (χ2n) is 8.20. The lowest BCUT2D eigenvalue weighted by Gasteiger charge is -2.32. The lowest BCUT2D eigenvalue weighted by Crippen LogP contribution is -2.42. The van der Waals surface area contributed by atoms with Crippen molar-refractivity contribution in [1.82, 2.24) is 15.5 Å². The highest BCUT2D eigenvalue weighted by molar-refractivity contribution is 14.0. The van der Waals surface area contributed by atoms with Crippen molar-refractivity contribution in [3.8, 4) is 11.5 Å². The smallest absolute Gasteiger partial charge is 0.231 e. The molecule has 0 saturated carbocycles. The highest BCUT2D eigenvalue weighted by atomic mass is 127. The van der Waals surface area contributed by atoms with E-state index in [1.54, 1.807) is 0 Å². The molecule has 168 valence electrons. The highest BCUT2D eigenvalue weighted by Gasteiger charge is 2.19. The molecule has 4 rings (SSSR count). The van der Waals surface area contributed by atoms with Crippen LogP contribution in [-0.2, 0) is 13.1 Å². The molecular weight excluding hydrogens is 503 g/mol. The number of aliphatic imine (C=N–C) groups is 1.